The Morgan fingerprint density at radius 3 is 2.40 bits per heavy atom. The zero-order valence-electron chi connectivity index (χ0n) is 18.6. The molecular weight excluding hydrogens is 400 g/mol. The summed E-state index contributed by atoms with van der Waals surface area (Å²) in [6.07, 6.45) is 0. The molecule has 0 aromatic heterocycles. The minimum absolute atomic E-state index is 0.165. The number of hydrogen-bond acceptors (Lipinski definition) is 3. The lowest BCUT2D eigenvalue weighted by molar-refractivity contribution is -0.142. The Kier molecular flexibility index (Phi) is 7.90. The molecule has 0 saturated heterocycles. The highest BCUT2D eigenvalue weighted by molar-refractivity contribution is 6.31. The third-order valence-electron chi connectivity index (χ3n) is 4.87. The van der Waals surface area contributed by atoms with E-state index in [1.165, 1.54) is 4.90 Å². The van der Waals surface area contributed by atoms with Gasteiger partial charge < -0.3 is 15.0 Å². The summed E-state index contributed by atoms with van der Waals surface area (Å²) in [4.78, 5) is 27.4. The zero-order valence-corrected chi connectivity index (χ0v) is 19.3. The Hall–Kier alpha value is -2.53. The molecule has 0 aliphatic heterocycles. The topological polar surface area (TPSA) is 58.6 Å². The lowest BCUT2D eigenvalue weighted by atomic mass is 10.1. The van der Waals surface area contributed by atoms with Gasteiger partial charge in [0.15, 0.2) is 6.61 Å². The largest absolute Gasteiger partial charge is 0.483 e. The SMILES string of the molecule is Cc1cccc(OCC(=O)N(Cc2ccccc2Cl)[C@H](C)C(=O)NC(C)(C)C)c1C. The standard InChI is InChI=1S/C24H31ClN2O3/c1-16-10-9-13-21(17(16)2)30-15-22(28)27(14-19-11-7-8-12-20(19)25)18(3)23(29)26-24(4,5)6/h7-13,18H,14-15H2,1-6H3,(H,26,29)/t18-/m1/s1. The molecule has 2 aromatic rings. The molecule has 0 spiro atoms. The van der Waals surface area contributed by atoms with Gasteiger partial charge in [-0.3, -0.25) is 9.59 Å². The van der Waals surface area contributed by atoms with E-state index in [4.69, 9.17) is 16.3 Å². The van der Waals surface area contributed by atoms with E-state index in [0.717, 1.165) is 16.7 Å². The van der Waals surface area contributed by atoms with E-state index >= 15 is 0 Å². The first-order chi connectivity index (χ1) is 14.0. The summed E-state index contributed by atoms with van der Waals surface area (Å²) in [7, 11) is 0. The molecule has 1 N–H and O–H groups in total. The maximum absolute atomic E-state index is 13.1. The first kappa shape index (κ1) is 23.7. The van der Waals surface area contributed by atoms with Crippen molar-refractivity contribution in [3.63, 3.8) is 0 Å². The quantitative estimate of drug-likeness (QED) is 0.694. The van der Waals surface area contributed by atoms with Gasteiger partial charge in [0.05, 0.1) is 0 Å². The van der Waals surface area contributed by atoms with Gasteiger partial charge >= 0.3 is 0 Å². The molecule has 0 bridgehead atoms. The average molecular weight is 431 g/mol. The minimum atomic E-state index is -0.685. The van der Waals surface area contributed by atoms with Crippen LogP contribution in [0.5, 0.6) is 5.75 Å². The molecule has 0 aliphatic carbocycles. The second-order valence-corrected chi connectivity index (χ2v) is 8.92. The smallest absolute Gasteiger partial charge is 0.261 e. The maximum Gasteiger partial charge on any atom is 0.261 e. The third kappa shape index (κ3) is 6.49. The van der Waals surface area contributed by atoms with Gasteiger partial charge in [-0.1, -0.05) is 41.9 Å². The highest BCUT2D eigenvalue weighted by atomic mass is 35.5. The molecule has 1 atom stereocenters. The molecule has 0 radical (unpaired) electrons. The van der Waals surface area contributed by atoms with Crippen LogP contribution in [-0.4, -0.2) is 34.9 Å². The third-order valence-corrected chi connectivity index (χ3v) is 5.24. The Morgan fingerprint density at radius 2 is 1.77 bits per heavy atom. The van der Waals surface area contributed by atoms with Gasteiger partial charge in [0.1, 0.15) is 11.8 Å². The lowest BCUT2D eigenvalue weighted by Gasteiger charge is -2.31. The number of ether oxygens (including phenoxy) is 1. The van der Waals surface area contributed by atoms with Crippen molar-refractivity contribution in [2.75, 3.05) is 6.61 Å². The summed E-state index contributed by atoms with van der Waals surface area (Å²) in [5.41, 5.74) is 2.45. The molecule has 2 rings (SSSR count). The molecule has 0 unspecified atom stereocenters. The van der Waals surface area contributed by atoms with Crippen molar-refractivity contribution in [2.24, 2.45) is 0 Å². The van der Waals surface area contributed by atoms with E-state index < -0.39 is 11.6 Å². The second-order valence-electron chi connectivity index (χ2n) is 8.51. The van der Waals surface area contributed by atoms with Gasteiger partial charge in [-0.05, 0) is 70.4 Å². The number of halogens is 1. The summed E-state index contributed by atoms with van der Waals surface area (Å²) in [5.74, 6) is 0.148. The number of hydrogen-bond donors (Lipinski definition) is 1. The Morgan fingerprint density at radius 1 is 1.10 bits per heavy atom. The van der Waals surface area contributed by atoms with Crippen molar-refractivity contribution in [2.45, 2.75) is 59.7 Å². The summed E-state index contributed by atoms with van der Waals surface area (Å²) in [6.45, 7) is 11.4. The second kappa shape index (κ2) is 9.98. The molecular formula is C24H31ClN2O3. The fraction of sp³-hybridized carbons (Fsp3) is 0.417. The molecule has 0 heterocycles. The van der Waals surface area contributed by atoms with Crippen LogP contribution in [0, 0.1) is 13.8 Å². The summed E-state index contributed by atoms with van der Waals surface area (Å²) in [5, 5.41) is 3.49. The van der Waals surface area contributed by atoms with Crippen LogP contribution >= 0.6 is 11.6 Å². The van der Waals surface area contributed by atoms with E-state index in [-0.39, 0.29) is 25.0 Å². The van der Waals surface area contributed by atoms with E-state index in [0.29, 0.717) is 10.8 Å². The Balaban J connectivity index is 2.22. The molecule has 30 heavy (non-hydrogen) atoms. The number of amides is 2. The van der Waals surface area contributed by atoms with E-state index in [1.807, 2.05) is 71.0 Å². The van der Waals surface area contributed by atoms with Gasteiger partial charge in [0, 0.05) is 17.1 Å². The van der Waals surface area contributed by atoms with Crippen LogP contribution in [0.3, 0.4) is 0 Å². The number of nitrogens with one attached hydrogen (secondary N) is 1. The van der Waals surface area contributed by atoms with E-state index in [9.17, 15) is 9.59 Å². The number of nitrogens with zero attached hydrogens (tertiary/aromatic N) is 1. The predicted molar refractivity (Wildman–Crippen MR) is 121 cm³/mol. The number of benzene rings is 2. The summed E-state index contributed by atoms with van der Waals surface area (Å²) >= 11 is 6.31. The summed E-state index contributed by atoms with van der Waals surface area (Å²) < 4.78 is 5.80. The highest BCUT2D eigenvalue weighted by Crippen LogP contribution is 2.22. The molecule has 162 valence electrons. The fourth-order valence-corrected chi connectivity index (χ4v) is 3.17. The number of rotatable bonds is 7. The van der Waals surface area contributed by atoms with Crippen LogP contribution < -0.4 is 10.1 Å². The van der Waals surface area contributed by atoms with Gasteiger partial charge in [-0.2, -0.15) is 0 Å². The van der Waals surface area contributed by atoms with E-state index in [2.05, 4.69) is 5.32 Å². The van der Waals surface area contributed by atoms with Crippen LogP contribution in [0.4, 0.5) is 0 Å². The monoisotopic (exact) mass is 430 g/mol. The van der Waals surface area contributed by atoms with Gasteiger partial charge in [-0.25, -0.2) is 0 Å². The Bertz CT molecular complexity index is 906. The van der Waals surface area contributed by atoms with Crippen molar-refractivity contribution in [3.8, 4) is 5.75 Å². The first-order valence-electron chi connectivity index (χ1n) is 10.0. The minimum Gasteiger partial charge on any atom is -0.483 e. The van der Waals surface area contributed by atoms with Gasteiger partial charge in [-0.15, -0.1) is 0 Å². The maximum atomic E-state index is 13.1. The van der Waals surface area contributed by atoms with Crippen LogP contribution in [-0.2, 0) is 16.1 Å². The van der Waals surface area contributed by atoms with Crippen molar-refractivity contribution in [3.05, 3.63) is 64.2 Å². The van der Waals surface area contributed by atoms with E-state index in [1.54, 1.807) is 13.0 Å². The number of aryl methyl sites for hydroxylation is 1. The molecule has 0 saturated carbocycles. The molecule has 0 fully saturated rings. The van der Waals surface area contributed by atoms with Crippen molar-refractivity contribution >= 4 is 23.4 Å². The molecule has 5 nitrogen and oxygen atoms in total. The van der Waals surface area contributed by atoms with Crippen molar-refractivity contribution in [1.82, 2.24) is 10.2 Å². The van der Waals surface area contributed by atoms with Gasteiger partial charge in [0.2, 0.25) is 5.91 Å². The first-order valence-corrected chi connectivity index (χ1v) is 10.4. The van der Waals surface area contributed by atoms with Gasteiger partial charge in [0.25, 0.3) is 5.91 Å². The number of carbonyl (C=O) groups is 2. The van der Waals surface area contributed by atoms with Crippen LogP contribution in [0.25, 0.3) is 0 Å². The lowest BCUT2D eigenvalue weighted by Crippen LogP contribution is -2.53. The zero-order chi connectivity index (χ0) is 22.5. The Labute approximate surface area is 184 Å². The molecule has 2 amide bonds. The predicted octanol–water partition coefficient (Wildman–Crippen LogP) is 4.67. The molecule has 2 aromatic carbocycles. The fourth-order valence-electron chi connectivity index (χ4n) is 2.97. The number of carbonyl (C=O) groups excluding carboxylic acids is 2. The average Bonchev–Trinajstić information content (AvgIpc) is 2.66. The summed E-state index contributed by atoms with van der Waals surface area (Å²) in [6, 6.07) is 12.3. The molecule has 6 heteroatoms. The highest BCUT2D eigenvalue weighted by Gasteiger charge is 2.29. The molecule has 0 aliphatic rings. The van der Waals surface area contributed by atoms with Crippen LogP contribution in [0.1, 0.15) is 44.4 Å². The van der Waals surface area contributed by atoms with Crippen LogP contribution in [0.2, 0.25) is 5.02 Å². The van der Waals surface area contributed by atoms with Crippen molar-refractivity contribution < 1.29 is 14.3 Å². The normalized spacial score (nSPS) is 12.2. The van der Waals surface area contributed by atoms with Crippen molar-refractivity contribution in [1.29, 1.82) is 0 Å². The van der Waals surface area contributed by atoms with Crippen LogP contribution in [0.15, 0.2) is 42.5 Å².